The quantitative estimate of drug-likeness (QED) is 0.469. The summed E-state index contributed by atoms with van der Waals surface area (Å²) in [7, 11) is 1.48. The molecule has 118 valence electrons. The van der Waals surface area contributed by atoms with Gasteiger partial charge in [-0.05, 0) is 18.2 Å². The van der Waals surface area contributed by atoms with Crippen molar-refractivity contribution in [3.05, 3.63) is 30.0 Å². The number of ether oxygens (including phenoxy) is 1. The first-order chi connectivity index (χ1) is 9.99. The fourth-order valence-electron chi connectivity index (χ4n) is 1.71. The van der Waals surface area contributed by atoms with E-state index in [-0.39, 0.29) is 25.0 Å². The predicted octanol–water partition coefficient (Wildman–Crippen LogP) is 0.128. The van der Waals surface area contributed by atoms with Crippen LogP contribution in [0, 0.1) is 0 Å². The van der Waals surface area contributed by atoms with Crippen LogP contribution in [-0.4, -0.2) is 36.4 Å². The van der Waals surface area contributed by atoms with E-state index in [1.165, 1.54) is 7.05 Å². The van der Waals surface area contributed by atoms with Gasteiger partial charge in [0.05, 0.1) is 0 Å². The van der Waals surface area contributed by atoms with Crippen LogP contribution in [0.15, 0.2) is 29.3 Å². The van der Waals surface area contributed by atoms with Crippen LogP contribution < -0.4 is 21.5 Å². The van der Waals surface area contributed by atoms with E-state index in [1.807, 2.05) is 0 Å². The number of aliphatic imine (C=N–C) groups is 1. The van der Waals surface area contributed by atoms with E-state index >= 15 is 0 Å². The summed E-state index contributed by atoms with van der Waals surface area (Å²) >= 11 is 0. The minimum absolute atomic E-state index is 0. The molecule has 0 aliphatic heterocycles. The van der Waals surface area contributed by atoms with Crippen molar-refractivity contribution in [2.75, 3.05) is 13.7 Å². The Morgan fingerprint density at radius 1 is 1.32 bits per heavy atom. The third-order valence-corrected chi connectivity index (χ3v) is 2.70. The van der Waals surface area contributed by atoms with Gasteiger partial charge in [0.25, 0.3) is 11.8 Å². The van der Waals surface area contributed by atoms with Crippen LogP contribution in [-0.2, 0) is 4.79 Å². The highest BCUT2D eigenvalue weighted by Crippen LogP contribution is 2.21. The van der Waals surface area contributed by atoms with Crippen molar-refractivity contribution in [2.24, 2.45) is 16.5 Å². The molecule has 1 aromatic heterocycles. The Morgan fingerprint density at radius 3 is 2.68 bits per heavy atom. The molecule has 0 fully saturated rings. The number of halogens is 1. The van der Waals surface area contributed by atoms with E-state index in [0.29, 0.717) is 17.0 Å². The normalized spacial score (nSPS) is 10.9. The second-order valence-corrected chi connectivity index (χ2v) is 4.25. The van der Waals surface area contributed by atoms with Crippen LogP contribution in [0.1, 0.15) is 10.5 Å². The molecule has 8 nitrogen and oxygen atoms in total. The van der Waals surface area contributed by atoms with Crippen LogP contribution in [0.2, 0.25) is 0 Å². The molecule has 9 heteroatoms. The van der Waals surface area contributed by atoms with Crippen molar-refractivity contribution in [1.82, 2.24) is 10.3 Å². The van der Waals surface area contributed by atoms with Crippen molar-refractivity contribution in [3.8, 4) is 5.75 Å². The van der Waals surface area contributed by atoms with Crippen molar-refractivity contribution >= 4 is 41.1 Å². The Morgan fingerprint density at radius 2 is 2.05 bits per heavy atom. The highest BCUT2D eigenvalue weighted by molar-refractivity contribution is 6.06. The van der Waals surface area contributed by atoms with Gasteiger partial charge in [0.1, 0.15) is 11.4 Å². The van der Waals surface area contributed by atoms with Gasteiger partial charge in [-0.3, -0.25) is 19.9 Å². The van der Waals surface area contributed by atoms with Gasteiger partial charge in [0, 0.05) is 24.0 Å². The van der Waals surface area contributed by atoms with Gasteiger partial charge in [0.15, 0.2) is 12.6 Å². The maximum absolute atomic E-state index is 11.9. The number of hydrogen-bond donors (Lipinski definition) is 4. The number of rotatable bonds is 4. The number of nitrogens with zero attached hydrogens (tertiary/aromatic N) is 1. The lowest BCUT2D eigenvalue weighted by Gasteiger charge is -2.02. The number of nitrogens with one attached hydrogen (secondary N) is 2. The average Bonchev–Trinajstić information content (AvgIpc) is 2.88. The molecular weight excluding hydrogens is 310 g/mol. The molecule has 0 unspecified atom stereocenters. The lowest BCUT2D eigenvalue weighted by Crippen LogP contribution is -2.36. The van der Waals surface area contributed by atoms with Crippen LogP contribution in [0.4, 0.5) is 0 Å². The highest BCUT2D eigenvalue weighted by atomic mass is 35.5. The molecule has 1 heterocycles. The number of benzene rings is 1. The minimum atomic E-state index is -0.559. The molecule has 0 aliphatic rings. The number of H-pyrrole nitrogens is 1. The summed E-state index contributed by atoms with van der Waals surface area (Å²) in [6.45, 7) is -0.205. The minimum Gasteiger partial charge on any atom is -0.484 e. The molecule has 2 aromatic rings. The monoisotopic (exact) mass is 325 g/mol. The first-order valence-corrected chi connectivity index (χ1v) is 6.07. The third kappa shape index (κ3) is 4.13. The number of primary amides is 1. The Hall–Kier alpha value is -2.74. The predicted molar refractivity (Wildman–Crippen MR) is 85.2 cm³/mol. The largest absolute Gasteiger partial charge is 0.484 e. The summed E-state index contributed by atoms with van der Waals surface area (Å²) in [5.74, 6) is -0.446. The Kier molecular flexibility index (Phi) is 5.76. The van der Waals surface area contributed by atoms with Gasteiger partial charge >= 0.3 is 0 Å². The van der Waals surface area contributed by atoms with Crippen LogP contribution in [0.5, 0.6) is 5.75 Å². The topological polar surface area (TPSA) is 136 Å². The zero-order valence-electron chi connectivity index (χ0n) is 11.8. The van der Waals surface area contributed by atoms with E-state index in [9.17, 15) is 9.59 Å². The molecule has 2 rings (SSSR count). The smallest absolute Gasteiger partial charge is 0.274 e. The maximum Gasteiger partial charge on any atom is 0.274 e. The SMILES string of the molecule is CN=C(N)NC(=O)c1cc2ccc(OCC(N)=O)cc2[nH]1.Cl. The number of fused-ring (bicyclic) bond motifs is 1. The number of hydrogen-bond acceptors (Lipinski definition) is 4. The molecular formula is C13H16ClN5O3. The number of aromatic amines is 1. The van der Waals surface area contributed by atoms with E-state index in [4.69, 9.17) is 16.2 Å². The van der Waals surface area contributed by atoms with Gasteiger partial charge in [-0.25, -0.2) is 0 Å². The maximum atomic E-state index is 11.9. The molecule has 0 bridgehead atoms. The molecule has 1 aromatic carbocycles. The van der Waals surface area contributed by atoms with Crippen molar-refractivity contribution in [3.63, 3.8) is 0 Å². The van der Waals surface area contributed by atoms with Crippen molar-refractivity contribution in [1.29, 1.82) is 0 Å². The Balaban J connectivity index is 0.00000242. The summed E-state index contributed by atoms with van der Waals surface area (Å²) in [5.41, 5.74) is 11.5. The molecule has 0 saturated carbocycles. The van der Waals surface area contributed by atoms with E-state index < -0.39 is 11.8 Å². The standard InChI is InChI=1S/C13H15N5O3.ClH/c1-16-13(15)18-12(20)10-4-7-2-3-8(5-9(7)17-10)21-6-11(14)19;/h2-5,17H,6H2,1H3,(H2,14,19)(H3,15,16,18,20);1H. The number of aromatic nitrogens is 1. The average molecular weight is 326 g/mol. The van der Waals surface area contributed by atoms with Crippen LogP contribution >= 0.6 is 12.4 Å². The summed E-state index contributed by atoms with van der Waals surface area (Å²) in [4.78, 5) is 29.1. The number of amides is 2. The van der Waals surface area contributed by atoms with Crippen molar-refractivity contribution in [2.45, 2.75) is 0 Å². The molecule has 0 atom stereocenters. The summed E-state index contributed by atoms with van der Waals surface area (Å²) in [6.07, 6.45) is 0. The number of nitrogens with two attached hydrogens (primary N) is 2. The molecule has 2 amide bonds. The van der Waals surface area contributed by atoms with Crippen molar-refractivity contribution < 1.29 is 14.3 Å². The highest BCUT2D eigenvalue weighted by Gasteiger charge is 2.11. The summed E-state index contributed by atoms with van der Waals surface area (Å²) < 4.78 is 5.19. The van der Waals surface area contributed by atoms with Crippen LogP contribution in [0.3, 0.4) is 0 Å². The number of guanidine groups is 1. The molecule has 0 radical (unpaired) electrons. The lowest BCUT2D eigenvalue weighted by molar-refractivity contribution is -0.119. The zero-order valence-corrected chi connectivity index (χ0v) is 12.6. The molecule has 0 aliphatic carbocycles. The lowest BCUT2D eigenvalue weighted by atomic mass is 10.2. The van der Waals surface area contributed by atoms with E-state index in [0.717, 1.165) is 5.39 Å². The third-order valence-electron chi connectivity index (χ3n) is 2.70. The first kappa shape index (κ1) is 17.3. The number of carbonyl (C=O) groups excluding carboxylic acids is 2. The molecule has 0 spiro atoms. The summed E-state index contributed by atoms with van der Waals surface area (Å²) in [6, 6.07) is 6.79. The van der Waals surface area contributed by atoms with Gasteiger partial charge in [-0.2, -0.15) is 0 Å². The van der Waals surface area contributed by atoms with E-state index in [1.54, 1.807) is 24.3 Å². The molecule has 0 saturated heterocycles. The van der Waals surface area contributed by atoms with Gasteiger partial charge in [-0.1, -0.05) is 0 Å². The zero-order chi connectivity index (χ0) is 15.4. The van der Waals surface area contributed by atoms with E-state index in [2.05, 4.69) is 15.3 Å². The molecule has 22 heavy (non-hydrogen) atoms. The Bertz CT molecular complexity index is 726. The van der Waals surface area contributed by atoms with Gasteiger partial charge in [0.2, 0.25) is 0 Å². The van der Waals surface area contributed by atoms with Gasteiger partial charge in [-0.15, -0.1) is 12.4 Å². The van der Waals surface area contributed by atoms with Crippen LogP contribution in [0.25, 0.3) is 10.9 Å². The van der Waals surface area contributed by atoms with Gasteiger partial charge < -0.3 is 21.2 Å². The first-order valence-electron chi connectivity index (χ1n) is 6.07. The fourth-order valence-corrected chi connectivity index (χ4v) is 1.71. The fraction of sp³-hybridized carbons (Fsp3) is 0.154. The molecule has 6 N–H and O–H groups in total. The Labute approximate surface area is 132 Å². The second-order valence-electron chi connectivity index (χ2n) is 4.25. The summed E-state index contributed by atoms with van der Waals surface area (Å²) in [5, 5.41) is 3.24. The second kappa shape index (κ2) is 7.32. The number of carbonyl (C=O) groups is 2.